The van der Waals surface area contributed by atoms with E-state index < -0.39 is 0 Å². The van der Waals surface area contributed by atoms with E-state index in [1.54, 1.807) is 23.6 Å². The first-order valence-electron chi connectivity index (χ1n) is 10.1. The van der Waals surface area contributed by atoms with E-state index >= 15 is 0 Å². The average molecular weight is 426 g/mol. The summed E-state index contributed by atoms with van der Waals surface area (Å²) in [5.41, 5.74) is 2.49. The van der Waals surface area contributed by atoms with Gasteiger partial charge in [-0.05, 0) is 55.1 Å². The molecule has 0 aliphatic carbocycles. The standard InChI is InChI=1S/C23H27N3O3S/c1-4-21(27)25-18-7-5-16(6-8-18)15(2)24-23(29)17-13-22(28)26(14-17)19-9-11-20(30-3)12-10-19/h5-12,15,17H,4,13-14H2,1-3H3,(H,24,29)(H,25,27). The fourth-order valence-electron chi connectivity index (χ4n) is 3.41. The van der Waals surface area contributed by atoms with Crippen LogP contribution in [0.2, 0.25) is 0 Å². The molecule has 3 rings (SSSR count). The molecule has 0 radical (unpaired) electrons. The molecular weight excluding hydrogens is 398 g/mol. The summed E-state index contributed by atoms with van der Waals surface area (Å²) in [6, 6.07) is 15.0. The van der Waals surface area contributed by atoms with E-state index in [1.807, 2.05) is 61.7 Å². The first kappa shape index (κ1) is 21.9. The fraction of sp³-hybridized carbons (Fsp3) is 0.348. The van der Waals surface area contributed by atoms with E-state index in [9.17, 15) is 14.4 Å². The van der Waals surface area contributed by atoms with E-state index in [-0.39, 0.29) is 36.1 Å². The summed E-state index contributed by atoms with van der Waals surface area (Å²) >= 11 is 1.65. The number of thioether (sulfide) groups is 1. The van der Waals surface area contributed by atoms with Crippen LogP contribution in [0.4, 0.5) is 11.4 Å². The maximum absolute atomic E-state index is 12.8. The molecule has 3 amide bonds. The molecule has 0 aromatic heterocycles. The molecular formula is C23H27N3O3S. The number of nitrogens with zero attached hydrogens (tertiary/aromatic N) is 1. The Bertz CT molecular complexity index is 912. The quantitative estimate of drug-likeness (QED) is 0.658. The van der Waals surface area contributed by atoms with Crippen molar-refractivity contribution in [2.75, 3.05) is 23.0 Å². The second kappa shape index (κ2) is 9.80. The Morgan fingerprint density at radius 1 is 1.13 bits per heavy atom. The van der Waals surface area contributed by atoms with Gasteiger partial charge < -0.3 is 15.5 Å². The van der Waals surface area contributed by atoms with Gasteiger partial charge in [-0.1, -0.05) is 19.1 Å². The molecule has 2 aromatic rings. The smallest absolute Gasteiger partial charge is 0.227 e. The molecule has 1 heterocycles. The first-order valence-corrected chi connectivity index (χ1v) is 11.3. The fourth-order valence-corrected chi connectivity index (χ4v) is 3.82. The van der Waals surface area contributed by atoms with Gasteiger partial charge in [0.15, 0.2) is 0 Å². The third-order valence-corrected chi connectivity index (χ3v) is 6.00. The summed E-state index contributed by atoms with van der Waals surface area (Å²) in [7, 11) is 0. The second-order valence-corrected chi connectivity index (χ2v) is 8.24. The van der Waals surface area contributed by atoms with Gasteiger partial charge in [0.25, 0.3) is 0 Å². The van der Waals surface area contributed by atoms with E-state index in [2.05, 4.69) is 10.6 Å². The van der Waals surface area contributed by atoms with Crippen LogP contribution in [0.25, 0.3) is 0 Å². The van der Waals surface area contributed by atoms with Gasteiger partial charge in [-0.2, -0.15) is 0 Å². The largest absolute Gasteiger partial charge is 0.349 e. The molecule has 2 unspecified atom stereocenters. The van der Waals surface area contributed by atoms with Gasteiger partial charge in [-0.25, -0.2) is 0 Å². The summed E-state index contributed by atoms with van der Waals surface area (Å²) in [6.07, 6.45) is 2.64. The summed E-state index contributed by atoms with van der Waals surface area (Å²) in [4.78, 5) is 39.5. The maximum Gasteiger partial charge on any atom is 0.227 e. The number of rotatable bonds is 7. The monoisotopic (exact) mass is 425 g/mol. The Labute approximate surface area is 181 Å². The van der Waals surface area contributed by atoms with Gasteiger partial charge in [0.05, 0.1) is 12.0 Å². The molecule has 1 saturated heterocycles. The molecule has 1 aliphatic rings. The molecule has 30 heavy (non-hydrogen) atoms. The Morgan fingerprint density at radius 2 is 1.80 bits per heavy atom. The van der Waals surface area contributed by atoms with E-state index in [0.29, 0.717) is 13.0 Å². The molecule has 6 nitrogen and oxygen atoms in total. The molecule has 2 aromatic carbocycles. The van der Waals surface area contributed by atoms with Gasteiger partial charge in [-0.15, -0.1) is 11.8 Å². The van der Waals surface area contributed by atoms with Gasteiger partial charge >= 0.3 is 0 Å². The molecule has 7 heteroatoms. The van der Waals surface area contributed by atoms with Crippen molar-refractivity contribution in [2.24, 2.45) is 5.92 Å². The van der Waals surface area contributed by atoms with Crippen molar-refractivity contribution in [2.45, 2.75) is 37.6 Å². The van der Waals surface area contributed by atoms with Crippen LogP contribution < -0.4 is 15.5 Å². The minimum absolute atomic E-state index is 0.0317. The van der Waals surface area contributed by atoms with Gasteiger partial charge in [0.1, 0.15) is 0 Å². The molecule has 0 bridgehead atoms. The van der Waals surface area contributed by atoms with Gasteiger partial charge in [-0.3, -0.25) is 14.4 Å². The number of anilines is 2. The normalized spacial score (nSPS) is 17.0. The summed E-state index contributed by atoms with van der Waals surface area (Å²) in [6.45, 7) is 4.10. The van der Waals surface area contributed by atoms with Crippen molar-refractivity contribution in [3.05, 3.63) is 54.1 Å². The molecule has 2 N–H and O–H groups in total. The zero-order valence-electron chi connectivity index (χ0n) is 17.5. The lowest BCUT2D eigenvalue weighted by Gasteiger charge is -2.19. The lowest BCUT2D eigenvalue weighted by Crippen LogP contribution is -2.34. The van der Waals surface area contributed by atoms with Crippen molar-refractivity contribution >= 4 is 40.9 Å². The van der Waals surface area contributed by atoms with Crippen LogP contribution in [-0.4, -0.2) is 30.5 Å². The Morgan fingerprint density at radius 3 is 2.40 bits per heavy atom. The van der Waals surface area contributed by atoms with Gasteiger partial charge in [0.2, 0.25) is 17.7 Å². The molecule has 1 fully saturated rings. The van der Waals surface area contributed by atoms with Crippen molar-refractivity contribution in [3.8, 4) is 0 Å². The van der Waals surface area contributed by atoms with E-state index in [1.165, 1.54) is 0 Å². The number of nitrogens with one attached hydrogen (secondary N) is 2. The van der Waals surface area contributed by atoms with Crippen LogP contribution in [-0.2, 0) is 14.4 Å². The van der Waals surface area contributed by atoms with Crippen LogP contribution in [0.15, 0.2) is 53.4 Å². The minimum Gasteiger partial charge on any atom is -0.349 e. The van der Waals surface area contributed by atoms with Crippen LogP contribution in [0.1, 0.15) is 38.3 Å². The predicted molar refractivity (Wildman–Crippen MR) is 121 cm³/mol. The minimum atomic E-state index is -0.372. The number of benzene rings is 2. The van der Waals surface area contributed by atoms with E-state index in [4.69, 9.17) is 0 Å². The van der Waals surface area contributed by atoms with Crippen LogP contribution in [0, 0.1) is 5.92 Å². The van der Waals surface area contributed by atoms with E-state index in [0.717, 1.165) is 21.8 Å². The molecule has 0 spiro atoms. The zero-order valence-corrected chi connectivity index (χ0v) is 18.3. The summed E-state index contributed by atoms with van der Waals surface area (Å²) < 4.78 is 0. The highest BCUT2D eigenvalue weighted by Crippen LogP contribution is 2.28. The topological polar surface area (TPSA) is 78.5 Å². The number of amides is 3. The number of hydrogen-bond donors (Lipinski definition) is 2. The van der Waals surface area contributed by atoms with Crippen LogP contribution in [0.5, 0.6) is 0 Å². The third-order valence-electron chi connectivity index (χ3n) is 5.25. The highest BCUT2D eigenvalue weighted by atomic mass is 32.2. The molecule has 0 saturated carbocycles. The lowest BCUT2D eigenvalue weighted by molar-refractivity contribution is -0.126. The Balaban J connectivity index is 1.58. The average Bonchev–Trinajstić information content (AvgIpc) is 3.16. The van der Waals surface area contributed by atoms with Gasteiger partial charge in [0, 0.05) is 35.7 Å². The zero-order chi connectivity index (χ0) is 21.7. The van der Waals surface area contributed by atoms with Crippen molar-refractivity contribution in [1.29, 1.82) is 0 Å². The summed E-state index contributed by atoms with van der Waals surface area (Å²) in [5.74, 6) is -0.566. The van der Waals surface area contributed by atoms with Crippen molar-refractivity contribution < 1.29 is 14.4 Å². The lowest BCUT2D eigenvalue weighted by atomic mass is 10.0. The number of carbonyl (C=O) groups is 3. The Kier molecular flexibility index (Phi) is 7.15. The summed E-state index contributed by atoms with van der Waals surface area (Å²) in [5, 5.41) is 5.82. The number of carbonyl (C=O) groups excluding carboxylic acids is 3. The Hall–Kier alpha value is -2.80. The van der Waals surface area contributed by atoms with Crippen LogP contribution >= 0.6 is 11.8 Å². The number of hydrogen-bond acceptors (Lipinski definition) is 4. The van der Waals surface area contributed by atoms with Crippen molar-refractivity contribution in [1.82, 2.24) is 5.32 Å². The SMILES string of the molecule is CCC(=O)Nc1ccc(C(C)NC(=O)C2CC(=O)N(c3ccc(SC)cc3)C2)cc1. The first-order chi connectivity index (χ1) is 14.4. The second-order valence-electron chi connectivity index (χ2n) is 7.36. The predicted octanol–water partition coefficient (Wildman–Crippen LogP) is 3.99. The molecule has 158 valence electrons. The molecule has 1 aliphatic heterocycles. The van der Waals surface area contributed by atoms with Crippen molar-refractivity contribution in [3.63, 3.8) is 0 Å². The highest BCUT2D eigenvalue weighted by Gasteiger charge is 2.35. The third kappa shape index (κ3) is 5.21. The maximum atomic E-state index is 12.8. The highest BCUT2D eigenvalue weighted by molar-refractivity contribution is 7.98. The molecule has 2 atom stereocenters. The van der Waals surface area contributed by atoms with Crippen LogP contribution in [0.3, 0.4) is 0 Å².